The van der Waals surface area contributed by atoms with Crippen LogP contribution in [0.4, 0.5) is 0 Å². The van der Waals surface area contributed by atoms with E-state index in [1.807, 2.05) is 0 Å². The zero-order chi connectivity index (χ0) is 24.7. The highest BCUT2D eigenvalue weighted by molar-refractivity contribution is 6.75. The van der Waals surface area contributed by atoms with Gasteiger partial charge in [-0.2, -0.15) is 0 Å². The molecule has 1 rings (SSSR count). The lowest BCUT2D eigenvalue weighted by molar-refractivity contribution is 0.272. The van der Waals surface area contributed by atoms with Crippen molar-refractivity contribution in [2.75, 3.05) is 0 Å². The average Bonchev–Trinajstić information content (AvgIpc) is 2.50. The van der Waals surface area contributed by atoms with E-state index in [1.54, 1.807) is 0 Å². The summed E-state index contributed by atoms with van der Waals surface area (Å²) in [5.74, 6) is 1.85. The molecule has 1 aromatic carbocycles. The van der Waals surface area contributed by atoms with Gasteiger partial charge in [-0.25, -0.2) is 0 Å². The molecule has 0 amide bonds. The van der Waals surface area contributed by atoms with Crippen molar-refractivity contribution in [3.05, 3.63) is 23.8 Å². The van der Waals surface area contributed by atoms with Crippen molar-refractivity contribution in [1.82, 2.24) is 0 Å². The van der Waals surface area contributed by atoms with Crippen LogP contribution >= 0.6 is 0 Å². The molecule has 3 nitrogen and oxygen atoms in total. The largest absolute Gasteiger partial charge is 0.543 e. The first-order valence-corrected chi connectivity index (χ1v) is 20.4. The molecule has 0 spiro atoms. The highest BCUT2D eigenvalue weighted by Gasteiger charge is 2.41. The average molecular weight is 483 g/mol. The molecule has 0 saturated heterocycles. The summed E-state index contributed by atoms with van der Waals surface area (Å²) >= 11 is 0. The number of hydrogen-bond donors (Lipinski definition) is 0. The van der Waals surface area contributed by atoms with Gasteiger partial charge in [-0.3, -0.25) is 0 Å². The predicted octanol–water partition coefficient (Wildman–Crippen LogP) is 8.98. The van der Waals surface area contributed by atoms with Crippen molar-refractivity contribution in [3.8, 4) is 11.5 Å². The Hall–Kier alpha value is -0.569. The maximum atomic E-state index is 6.80. The van der Waals surface area contributed by atoms with Crippen LogP contribution in [0.1, 0.15) is 67.9 Å². The number of benzene rings is 1. The lowest BCUT2D eigenvalue weighted by Gasteiger charge is -2.39. The molecule has 0 saturated carbocycles. The fourth-order valence-corrected chi connectivity index (χ4v) is 5.18. The molecule has 0 atom stereocenters. The first-order valence-electron chi connectivity index (χ1n) is 11.7. The highest BCUT2D eigenvalue weighted by atomic mass is 28.4. The van der Waals surface area contributed by atoms with Gasteiger partial charge in [-0.1, -0.05) is 62.3 Å². The van der Waals surface area contributed by atoms with E-state index >= 15 is 0 Å². The highest BCUT2D eigenvalue weighted by Crippen LogP contribution is 2.42. The quantitative estimate of drug-likeness (QED) is 0.363. The molecule has 0 aromatic heterocycles. The molecule has 0 heterocycles. The predicted molar refractivity (Wildman–Crippen MR) is 144 cm³/mol. The second-order valence-electron chi connectivity index (χ2n) is 13.5. The normalized spacial score (nSPS) is 14.5. The Kier molecular flexibility index (Phi) is 8.26. The van der Waals surface area contributed by atoms with Crippen LogP contribution in [0.3, 0.4) is 0 Å². The van der Waals surface area contributed by atoms with Gasteiger partial charge in [0.2, 0.25) is 16.6 Å². The van der Waals surface area contributed by atoms with Crippen molar-refractivity contribution in [2.45, 2.75) is 123 Å². The minimum absolute atomic E-state index is 0.126. The molecule has 6 heteroatoms. The third-order valence-electron chi connectivity index (χ3n) is 7.78. The van der Waals surface area contributed by atoms with E-state index in [4.69, 9.17) is 13.3 Å². The molecule has 0 bridgehead atoms. The lowest BCUT2D eigenvalue weighted by atomic mass is 10.2. The number of hydrogen-bond acceptors (Lipinski definition) is 3. The first kappa shape index (κ1) is 28.5. The Labute approximate surface area is 196 Å². The van der Waals surface area contributed by atoms with Gasteiger partial charge in [0.15, 0.2) is 8.32 Å². The van der Waals surface area contributed by atoms with Crippen LogP contribution in [0.5, 0.6) is 11.5 Å². The van der Waals surface area contributed by atoms with Crippen molar-refractivity contribution in [1.29, 1.82) is 0 Å². The molecule has 180 valence electrons. The van der Waals surface area contributed by atoms with Gasteiger partial charge in [-0.15, -0.1) is 0 Å². The Morgan fingerprint density at radius 3 is 1.45 bits per heavy atom. The van der Waals surface area contributed by atoms with Crippen LogP contribution in [0.2, 0.25) is 54.4 Å². The Morgan fingerprint density at radius 1 is 0.613 bits per heavy atom. The number of rotatable bonds is 7. The topological polar surface area (TPSA) is 27.7 Å². The van der Waals surface area contributed by atoms with E-state index in [9.17, 15) is 0 Å². The minimum atomic E-state index is -2.00. The van der Waals surface area contributed by atoms with E-state index in [0.717, 1.165) is 17.1 Å². The fourth-order valence-electron chi connectivity index (χ4n) is 2.16. The van der Waals surface area contributed by atoms with Crippen LogP contribution < -0.4 is 8.85 Å². The Morgan fingerprint density at radius 2 is 1.03 bits per heavy atom. The lowest BCUT2D eigenvalue weighted by Crippen LogP contribution is -2.45. The summed E-state index contributed by atoms with van der Waals surface area (Å²) in [6.07, 6.45) is 0. The monoisotopic (exact) mass is 482 g/mol. The fraction of sp³-hybridized carbons (Fsp3) is 0.760. The molecule has 0 aliphatic carbocycles. The molecule has 0 aliphatic rings. The van der Waals surface area contributed by atoms with Gasteiger partial charge in [0, 0.05) is 11.6 Å². The molecule has 0 N–H and O–H groups in total. The van der Waals surface area contributed by atoms with E-state index < -0.39 is 25.0 Å². The Balaban J connectivity index is 3.34. The zero-order valence-electron chi connectivity index (χ0n) is 23.2. The molecule has 0 radical (unpaired) electrons. The van der Waals surface area contributed by atoms with Gasteiger partial charge in [0.1, 0.15) is 11.5 Å². The van der Waals surface area contributed by atoms with Crippen molar-refractivity contribution in [3.63, 3.8) is 0 Å². The van der Waals surface area contributed by atoms with Crippen molar-refractivity contribution < 1.29 is 13.3 Å². The molecule has 1 aromatic rings. The summed E-state index contributed by atoms with van der Waals surface area (Å²) in [4.78, 5) is 0. The molecule has 0 fully saturated rings. The van der Waals surface area contributed by atoms with Crippen molar-refractivity contribution in [2.24, 2.45) is 0 Å². The molecule has 0 aliphatic heterocycles. The van der Waals surface area contributed by atoms with Crippen molar-refractivity contribution >= 4 is 25.0 Å². The van der Waals surface area contributed by atoms with Crippen LogP contribution in [-0.2, 0) is 11.0 Å². The SMILES string of the molecule is CC(C)(C)[Si](C)(C)OCc1ccc(O[Si](C)(C)C(C)(C)C)cc1O[Si](C)(C)C(C)(C)C. The van der Waals surface area contributed by atoms with E-state index in [-0.39, 0.29) is 15.1 Å². The second-order valence-corrected chi connectivity index (χ2v) is 27.8. The summed E-state index contributed by atoms with van der Waals surface area (Å²) in [5.41, 5.74) is 1.12. The van der Waals surface area contributed by atoms with E-state index in [2.05, 4.69) is 120 Å². The van der Waals surface area contributed by atoms with Crippen LogP contribution in [0, 0.1) is 0 Å². The summed E-state index contributed by atoms with van der Waals surface area (Å²) in [6.45, 7) is 34.9. The Bertz CT molecular complexity index is 749. The summed E-state index contributed by atoms with van der Waals surface area (Å²) in [5, 5.41) is 0.456. The maximum Gasteiger partial charge on any atom is 0.250 e. The standard InChI is InChI=1S/C25H50O3Si3/c1-23(2,3)29(10,11)26-19-20-16-17-21(27-30(12,13)24(4,5)6)18-22(20)28-31(14,15)25(7,8)9/h16-18H,19H2,1-15H3. The second kappa shape index (κ2) is 8.99. The molecular weight excluding hydrogens is 433 g/mol. The van der Waals surface area contributed by atoms with E-state index in [1.165, 1.54) is 0 Å². The van der Waals surface area contributed by atoms with Crippen LogP contribution in [0.25, 0.3) is 0 Å². The van der Waals surface area contributed by atoms with Gasteiger partial charge < -0.3 is 13.3 Å². The third kappa shape index (κ3) is 7.21. The van der Waals surface area contributed by atoms with Crippen LogP contribution in [-0.4, -0.2) is 25.0 Å². The van der Waals surface area contributed by atoms with Gasteiger partial charge in [0.25, 0.3) is 0 Å². The molecule has 0 unspecified atom stereocenters. The summed E-state index contributed by atoms with van der Waals surface area (Å²) < 4.78 is 20.0. The molecule has 31 heavy (non-hydrogen) atoms. The zero-order valence-corrected chi connectivity index (χ0v) is 26.2. The molecular formula is C25H50O3Si3. The smallest absolute Gasteiger partial charge is 0.250 e. The van der Waals surface area contributed by atoms with Gasteiger partial charge in [0.05, 0.1) is 6.61 Å². The van der Waals surface area contributed by atoms with Gasteiger partial charge >= 0.3 is 0 Å². The summed E-state index contributed by atoms with van der Waals surface area (Å²) in [7, 11) is -5.77. The minimum Gasteiger partial charge on any atom is -0.543 e. The van der Waals surface area contributed by atoms with Gasteiger partial charge in [-0.05, 0) is 66.5 Å². The third-order valence-corrected chi connectivity index (χ3v) is 21.0. The van der Waals surface area contributed by atoms with E-state index in [0.29, 0.717) is 6.61 Å². The maximum absolute atomic E-state index is 6.80. The summed E-state index contributed by atoms with van der Waals surface area (Å²) in [6, 6.07) is 6.37. The first-order chi connectivity index (χ1) is 13.5. The van der Waals surface area contributed by atoms with Crippen LogP contribution in [0.15, 0.2) is 18.2 Å².